The summed E-state index contributed by atoms with van der Waals surface area (Å²) in [4.78, 5) is 58.2. The molecule has 1 aromatic carbocycles. The molecule has 0 saturated carbocycles. The Morgan fingerprint density at radius 1 is 1.09 bits per heavy atom. The number of non-ortho nitro benzene ring substituents is 1. The lowest BCUT2D eigenvalue weighted by Gasteiger charge is -2.47. The lowest BCUT2D eigenvalue weighted by atomic mass is 9.73. The molecule has 3 aliphatic heterocycles. The van der Waals surface area contributed by atoms with Gasteiger partial charge in [-0.1, -0.05) is 45.9 Å². The predicted molar refractivity (Wildman–Crippen MR) is 217 cm³/mol. The molecule has 1 aromatic rings. The lowest BCUT2D eigenvalue weighted by Crippen LogP contribution is -2.60. The van der Waals surface area contributed by atoms with Crippen molar-refractivity contribution in [2.24, 2.45) is 28.7 Å². The van der Waals surface area contributed by atoms with Gasteiger partial charge in [-0.05, 0) is 90.2 Å². The van der Waals surface area contributed by atoms with Gasteiger partial charge >= 0.3 is 5.97 Å². The quantitative estimate of drug-likeness (QED) is 0.160. The largest absolute Gasteiger partial charge is 0.459 e. The zero-order chi connectivity index (χ0) is 43.3. The summed E-state index contributed by atoms with van der Waals surface area (Å²) in [6.45, 7) is 15.0. The predicted octanol–water partition coefficient (Wildman–Crippen LogP) is 5.10. The number of nitro groups is 1. The van der Waals surface area contributed by atoms with E-state index in [2.05, 4.69) is 4.99 Å². The smallest absolute Gasteiger partial charge is 0.316 e. The molecule has 1 amide bonds. The standard InChI is InChI=1S/C43H63N3O12/c1-12-34-43(9,51)39-26(4)35(44-29(7)47)24(2)21-42(8,55-23-31(22-54-39)15-13-14-30-16-18-32(19-17-30)46(52)53)38(27(5)36(48)28(6)40(50)57-34)58-41-37(49)33(45(10)11)20-25(3)56-41/h13-19,24-28,33-34,37-39,41,49,51H,12,20-23H2,1-11H3/b14-13+,31-15+,44-35?/t24-,25-,26+,27+,28-,33+,34-,37-,38-,39?,41+,42-,43-/m1/s1. The lowest BCUT2D eigenvalue weighted by molar-refractivity contribution is -0.384. The van der Waals surface area contributed by atoms with Gasteiger partial charge in [0, 0.05) is 42.6 Å². The third-order valence-corrected chi connectivity index (χ3v) is 11.9. The fourth-order valence-electron chi connectivity index (χ4n) is 8.67. The van der Waals surface area contributed by atoms with Crippen LogP contribution in [0.5, 0.6) is 0 Å². The fraction of sp³-hybridized carbons (Fsp3) is 0.674. The van der Waals surface area contributed by atoms with E-state index in [1.54, 1.807) is 51.1 Å². The number of esters is 1. The number of Topliss-reactive ketones (excluding diaryl/α,β-unsaturated/α-hetero) is 1. The van der Waals surface area contributed by atoms with E-state index in [0.717, 1.165) is 0 Å². The van der Waals surface area contributed by atoms with Crippen molar-refractivity contribution in [2.45, 2.75) is 136 Å². The number of likely N-dealkylation sites (N-methyl/N-ethyl adjacent to an activating group) is 1. The Morgan fingerprint density at radius 2 is 1.74 bits per heavy atom. The number of ether oxygens (including phenoxy) is 5. The Morgan fingerprint density at radius 3 is 2.33 bits per heavy atom. The minimum absolute atomic E-state index is 0.0363. The highest BCUT2D eigenvalue weighted by Gasteiger charge is 2.53. The van der Waals surface area contributed by atoms with Crippen LogP contribution in [0.2, 0.25) is 0 Å². The zero-order valence-electron chi connectivity index (χ0n) is 35.7. The first-order chi connectivity index (χ1) is 27.1. The van der Waals surface area contributed by atoms with Gasteiger partial charge in [-0.3, -0.25) is 24.5 Å². The minimum Gasteiger partial charge on any atom is -0.459 e. The first-order valence-corrected chi connectivity index (χ1v) is 20.2. The number of carbonyl (C=O) groups is 3. The summed E-state index contributed by atoms with van der Waals surface area (Å²) in [5.41, 5.74) is -1.51. The number of aliphatic imine (C=N–C) groups is 1. The molecule has 4 rings (SSSR count). The Hall–Kier alpha value is -3.70. The summed E-state index contributed by atoms with van der Waals surface area (Å²) in [5.74, 6) is -5.30. The van der Waals surface area contributed by atoms with Gasteiger partial charge < -0.3 is 38.8 Å². The van der Waals surface area contributed by atoms with Crippen LogP contribution in [-0.4, -0.2) is 125 Å². The van der Waals surface area contributed by atoms with E-state index in [1.807, 2.05) is 39.8 Å². The number of hydrogen-bond donors (Lipinski definition) is 2. The second-order valence-corrected chi connectivity index (χ2v) is 16.9. The maximum atomic E-state index is 14.5. The number of cyclic esters (lactones) is 1. The summed E-state index contributed by atoms with van der Waals surface area (Å²) in [7, 11) is 3.72. The molecule has 0 aromatic heterocycles. The van der Waals surface area contributed by atoms with Crippen molar-refractivity contribution < 1.29 is 53.2 Å². The van der Waals surface area contributed by atoms with E-state index in [9.17, 15) is 34.7 Å². The van der Waals surface area contributed by atoms with Gasteiger partial charge in [0.05, 0.1) is 42.1 Å². The molecule has 0 spiro atoms. The molecule has 15 heteroatoms. The number of rotatable bonds is 7. The molecular formula is C43H63N3O12. The van der Waals surface area contributed by atoms with Crippen LogP contribution in [0.15, 0.2) is 47.0 Å². The molecular weight excluding hydrogens is 750 g/mol. The van der Waals surface area contributed by atoms with Crippen LogP contribution in [0.25, 0.3) is 6.08 Å². The number of amides is 1. The normalized spacial score (nSPS) is 38.6. The van der Waals surface area contributed by atoms with Crippen molar-refractivity contribution in [3.63, 3.8) is 0 Å². The molecule has 322 valence electrons. The van der Waals surface area contributed by atoms with Crippen molar-refractivity contribution in [1.82, 2.24) is 4.90 Å². The minimum atomic E-state index is -1.84. The number of benzene rings is 1. The van der Waals surface area contributed by atoms with E-state index in [1.165, 1.54) is 32.9 Å². The second-order valence-electron chi connectivity index (χ2n) is 16.9. The van der Waals surface area contributed by atoms with Crippen LogP contribution in [-0.2, 0) is 38.1 Å². The number of allylic oxidation sites excluding steroid dienone is 2. The Balaban J connectivity index is 1.96. The summed E-state index contributed by atoms with van der Waals surface area (Å²) < 4.78 is 32.5. The van der Waals surface area contributed by atoms with Gasteiger partial charge in [0.2, 0.25) is 5.91 Å². The molecule has 1 unspecified atom stereocenters. The van der Waals surface area contributed by atoms with Gasteiger partial charge in [-0.2, -0.15) is 0 Å². The monoisotopic (exact) mass is 813 g/mol. The van der Waals surface area contributed by atoms with E-state index >= 15 is 0 Å². The average molecular weight is 814 g/mol. The average Bonchev–Trinajstić information content (AvgIpc) is 3.17. The van der Waals surface area contributed by atoms with Crippen LogP contribution >= 0.6 is 0 Å². The summed E-state index contributed by atoms with van der Waals surface area (Å²) in [6.07, 6.45) is 0.245. The summed E-state index contributed by atoms with van der Waals surface area (Å²) in [6, 6.07) is 5.74. The Kier molecular flexibility index (Phi) is 15.9. The number of nitrogens with zero attached hydrogens (tertiary/aromatic N) is 3. The van der Waals surface area contributed by atoms with Gasteiger partial charge in [-0.15, -0.1) is 0 Å². The molecule has 0 aliphatic carbocycles. The van der Waals surface area contributed by atoms with E-state index in [-0.39, 0.29) is 43.9 Å². The molecule has 13 atom stereocenters. The Labute approximate surface area is 341 Å². The highest BCUT2D eigenvalue weighted by Crippen LogP contribution is 2.40. The number of nitro benzene ring substituents is 1. The van der Waals surface area contributed by atoms with Gasteiger partial charge in [0.25, 0.3) is 5.69 Å². The van der Waals surface area contributed by atoms with E-state index in [0.29, 0.717) is 23.3 Å². The number of aliphatic hydroxyl groups excluding tert-OH is 1. The molecule has 0 radical (unpaired) electrons. The maximum Gasteiger partial charge on any atom is 0.316 e. The number of carbonyl (C=O) groups excluding carboxylic acids is 3. The van der Waals surface area contributed by atoms with Crippen molar-refractivity contribution in [2.75, 3.05) is 27.3 Å². The highest BCUT2D eigenvalue weighted by atomic mass is 16.7. The third kappa shape index (κ3) is 10.9. The van der Waals surface area contributed by atoms with Crippen LogP contribution in [0.4, 0.5) is 5.69 Å². The van der Waals surface area contributed by atoms with Crippen LogP contribution < -0.4 is 0 Å². The van der Waals surface area contributed by atoms with Gasteiger partial charge in [0.15, 0.2) is 12.1 Å². The summed E-state index contributed by atoms with van der Waals surface area (Å²) in [5, 5.41) is 35.2. The van der Waals surface area contributed by atoms with Crippen molar-refractivity contribution in [3.05, 3.63) is 57.7 Å². The zero-order valence-corrected chi connectivity index (χ0v) is 35.7. The molecule has 2 bridgehead atoms. The molecule has 3 fully saturated rings. The SMILES string of the molecule is CC[C@H]1OC(=O)[C@H](C)C(=O)[C@H](C)[C@@H](O[C@@H]2O[C@H](C)C[C@H](N(C)C)[C@H]2O)[C@@]2(C)C[C@@H](C)C(=NC(C)=O)[C@H](C)C(OC/C(=C\C=C\c3ccc([N+](=O)[O-])cc3)CO2)[C@]1(C)O. The van der Waals surface area contributed by atoms with Crippen molar-refractivity contribution in [3.8, 4) is 0 Å². The third-order valence-electron chi connectivity index (χ3n) is 11.9. The first kappa shape index (κ1) is 47.0. The number of hydrogen-bond acceptors (Lipinski definition) is 13. The Bertz CT molecular complexity index is 1720. The highest BCUT2D eigenvalue weighted by molar-refractivity contribution is 6.00. The fourth-order valence-corrected chi connectivity index (χ4v) is 8.67. The van der Waals surface area contributed by atoms with Crippen molar-refractivity contribution in [1.29, 1.82) is 0 Å². The maximum absolute atomic E-state index is 14.5. The molecule has 15 nitrogen and oxygen atoms in total. The van der Waals surface area contributed by atoms with E-state index in [4.69, 9.17) is 23.7 Å². The number of fused-ring (bicyclic) bond motifs is 5. The van der Waals surface area contributed by atoms with Crippen LogP contribution in [0.3, 0.4) is 0 Å². The van der Waals surface area contributed by atoms with Crippen LogP contribution in [0.1, 0.15) is 87.1 Å². The van der Waals surface area contributed by atoms with E-state index < -0.39 is 88.2 Å². The number of aliphatic hydroxyl groups is 2. The molecule has 3 heterocycles. The number of ketones is 1. The molecule has 2 N–H and O–H groups in total. The van der Waals surface area contributed by atoms with Crippen molar-refractivity contribution >= 4 is 35.1 Å². The van der Waals surface area contributed by atoms with Gasteiger partial charge in [0.1, 0.15) is 23.7 Å². The molecule has 3 saturated heterocycles. The molecule has 3 aliphatic rings. The van der Waals surface area contributed by atoms with Crippen LogP contribution in [0, 0.1) is 33.8 Å². The first-order valence-electron chi connectivity index (χ1n) is 20.2. The molecule has 58 heavy (non-hydrogen) atoms. The topological polar surface area (TPSA) is 197 Å². The van der Waals surface area contributed by atoms with Gasteiger partial charge in [-0.25, -0.2) is 4.99 Å². The summed E-state index contributed by atoms with van der Waals surface area (Å²) >= 11 is 0. The second kappa shape index (κ2) is 19.6.